The summed E-state index contributed by atoms with van der Waals surface area (Å²) < 4.78 is 0. The zero-order valence-electron chi connectivity index (χ0n) is 2.50. The SMILES string of the molecule is B[SiH3].[AlH3].[SrH2].[Ti]. The van der Waals surface area contributed by atoms with Crippen molar-refractivity contribution in [3.63, 3.8) is 0 Å². The molecule has 0 amide bonds. The molecule has 0 saturated carbocycles. The van der Waals surface area contributed by atoms with Crippen molar-refractivity contribution in [3.8, 4) is 0 Å². The predicted molar refractivity (Wildman–Crippen MR) is 37.0 cm³/mol. The van der Waals surface area contributed by atoms with Crippen molar-refractivity contribution in [3.05, 3.63) is 0 Å². The molecule has 0 aromatic rings. The van der Waals surface area contributed by atoms with Crippen molar-refractivity contribution in [2.45, 2.75) is 0 Å². The van der Waals surface area contributed by atoms with Gasteiger partial charge in [-0.3, -0.25) is 0 Å². The summed E-state index contributed by atoms with van der Waals surface area (Å²) in [6.45, 7) is 0. The second-order valence-corrected chi connectivity index (χ2v) is 0. The van der Waals surface area contributed by atoms with Gasteiger partial charge in [-0.15, -0.1) is 0 Å². The molecule has 0 atom stereocenters. The maximum atomic E-state index is 2.14. The molecule has 0 N–H and O–H groups in total. The summed E-state index contributed by atoms with van der Waals surface area (Å²) in [6, 6.07) is 0. The summed E-state index contributed by atoms with van der Waals surface area (Å²) in [7, 11) is 3.44. The van der Waals surface area contributed by atoms with E-state index in [0.29, 0.717) is 0 Å². The van der Waals surface area contributed by atoms with Crippen molar-refractivity contribution in [2.75, 3.05) is 0 Å². The minimum absolute atomic E-state index is 0. The van der Waals surface area contributed by atoms with Gasteiger partial charge in [-0.2, -0.15) is 0 Å². The number of hydrogen-bond acceptors (Lipinski definition) is 0. The molecule has 0 unspecified atom stereocenters. The Kier molecular flexibility index (Phi) is 137. The quantitative estimate of drug-likeness (QED) is 0.357. The molecule has 0 aliphatic rings. The zero-order valence-corrected chi connectivity index (χ0v) is 6.06. The molecule has 0 aliphatic carbocycles. The summed E-state index contributed by atoms with van der Waals surface area (Å²) in [5, 5.41) is 0. The van der Waals surface area contributed by atoms with Crippen LogP contribution in [0.15, 0.2) is 0 Å². The second kappa shape index (κ2) is 28.0. The molecule has 0 rings (SSSR count). The van der Waals surface area contributed by atoms with Crippen LogP contribution in [0.4, 0.5) is 0 Å². The Morgan fingerprint density at radius 3 is 1.20 bits per heavy atom. The first-order valence-corrected chi connectivity index (χ1v) is 3.00. The fourth-order valence-corrected chi connectivity index (χ4v) is 0. The average Bonchev–Trinajstić information content (AvgIpc) is 1.00. The van der Waals surface area contributed by atoms with Gasteiger partial charge in [0.2, 0.25) is 0 Å². The van der Waals surface area contributed by atoms with Gasteiger partial charge in [0.05, 0.1) is 7.44 Å². The van der Waals surface area contributed by atoms with Gasteiger partial charge in [-0.1, -0.05) is 0 Å². The van der Waals surface area contributed by atoms with Crippen LogP contribution in [0, 0.1) is 0 Å². The molecular formula is H10AlBSiSrTi. The van der Waals surface area contributed by atoms with E-state index in [1.165, 1.54) is 10.1 Å². The number of rotatable bonds is 0. The van der Waals surface area contributed by atoms with E-state index in [0.717, 1.165) is 0 Å². The fourth-order valence-electron chi connectivity index (χ4n) is 0. The van der Waals surface area contributed by atoms with E-state index >= 15 is 0 Å². The maximum absolute atomic E-state index is 2.14. The standard InChI is InChI=1S/Al.BH5Si.Sr.Ti.5H/c;1-2;;;;;;;/h;1H2,2H3;;;;;;;. The first-order chi connectivity index (χ1) is 1.00. The van der Waals surface area contributed by atoms with Gasteiger partial charge in [-0.25, -0.2) is 0 Å². The molecule has 0 heterocycles. The third kappa shape index (κ3) is 19.4. The van der Waals surface area contributed by atoms with Gasteiger partial charge in [0, 0.05) is 21.7 Å². The van der Waals surface area contributed by atoms with E-state index in [2.05, 4.69) is 7.44 Å². The van der Waals surface area contributed by atoms with Crippen molar-refractivity contribution < 1.29 is 21.7 Å². The second-order valence-electron chi connectivity index (χ2n) is 0. The molecule has 0 aliphatic heterocycles. The molecule has 0 saturated heterocycles. The molecule has 5 heavy (non-hydrogen) atoms. The molecule has 0 aromatic carbocycles. The van der Waals surface area contributed by atoms with Crippen molar-refractivity contribution in [1.29, 1.82) is 0 Å². The molecule has 0 aromatic heterocycles. The Labute approximate surface area is 99.9 Å². The van der Waals surface area contributed by atoms with Crippen LogP contribution in [0.3, 0.4) is 0 Å². The predicted octanol–water partition coefficient (Wildman–Crippen LogP) is -4.20. The first kappa shape index (κ1) is 24.5. The zero-order chi connectivity index (χ0) is 2.00. The largest absolute Gasteiger partial charge is 0 e. The van der Waals surface area contributed by atoms with Crippen LogP contribution in [-0.2, 0) is 21.7 Å². The van der Waals surface area contributed by atoms with Crippen molar-refractivity contribution in [1.82, 2.24) is 0 Å². The van der Waals surface area contributed by atoms with Gasteiger partial charge >= 0.3 is 45.5 Å². The maximum Gasteiger partial charge on any atom is 0 e. The molecule has 0 bridgehead atoms. The van der Waals surface area contributed by atoms with Gasteiger partial charge < -0.3 is 0 Å². The first-order valence-electron chi connectivity index (χ1n) is 1.00. The molecule has 0 spiro atoms. The summed E-state index contributed by atoms with van der Waals surface area (Å²) >= 11 is 0. The van der Waals surface area contributed by atoms with E-state index in [1.807, 2.05) is 0 Å². The van der Waals surface area contributed by atoms with Crippen LogP contribution >= 0.6 is 0 Å². The Hall–Kier alpha value is 3.01. The summed E-state index contributed by atoms with van der Waals surface area (Å²) in [5.74, 6) is 0. The molecule has 26 valence electrons. The van der Waals surface area contributed by atoms with Crippen molar-refractivity contribution in [2.24, 2.45) is 0 Å². The molecule has 5 heteroatoms. The number of hydrogen-bond donors (Lipinski definition) is 0. The molecule has 0 fully saturated rings. The van der Waals surface area contributed by atoms with Crippen LogP contribution in [-0.4, -0.2) is 80.4 Å². The Bertz CT molecular complexity index is 11.6. The fraction of sp³-hybridized carbons (Fsp3) is 0. The normalized spacial score (nSPS) is 1.60. The minimum Gasteiger partial charge on any atom is 0 e. The average molecular weight is 211 g/mol. The summed E-state index contributed by atoms with van der Waals surface area (Å²) in [5.41, 5.74) is 0. The summed E-state index contributed by atoms with van der Waals surface area (Å²) in [6.07, 6.45) is 0. The van der Waals surface area contributed by atoms with E-state index < -0.39 is 0 Å². The smallest absolute Gasteiger partial charge is 0 e. The van der Waals surface area contributed by atoms with E-state index in [4.69, 9.17) is 0 Å². The molecule has 0 nitrogen and oxygen atoms in total. The topological polar surface area (TPSA) is 0 Å². The Morgan fingerprint density at radius 2 is 1.20 bits per heavy atom. The van der Waals surface area contributed by atoms with Crippen LogP contribution in [0.25, 0.3) is 0 Å². The van der Waals surface area contributed by atoms with E-state index in [9.17, 15) is 0 Å². The van der Waals surface area contributed by atoms with E-state index in [-0.39, 0.29) is 84.6 Å². The van der Waals surface area contributed by atoms with Gasteiger partial charge in [0.25, 0.3) is 0 Å². The van der Waals surface area contributed by atoms with Crippen LogP contribution in [0.1, 0.15) is 0 Å². The molecule has 0 radical (unpaired) electrons. The third-order valence-corrected chi connectivity index (χ3v) is 0. The summed E-state index contributed by atoms with van der Waals surface area (Å²) in [4.78, 5) is 0. The van der Waals surface area contributed by atoms with Gasteiger partial charge in [-0.05, 0) is 10.1 Å². The monoisotopic (exact) mass is 212 g/mol. The Morgan fingerprint density at radius 1 is 1.20 bits per heavy atom. The molecular weight excluding hydrogens is 201 g/mol. The van der Waals surface area contributed by atoms with E-state index in [1.54, 1.807) is 0 Å². The van der Waals surface area contributed by atoms with Crippen LogP contribution in [0.2, 0.25) is 0 Å². The van der Waals surface area contributed by atoms with Crippen molar-refractivity contribution >= 4 is 80.4 Å². The minimum atomic E-state index is 0. The third-order valence-electron chi connectivity index (χ3n) is 0. The van der Waals surface area contributed by atoms with Crippen LogP contribution < -0.4 is 0 Å². The van der Waals surface area contributed by atoms with Gasteiger partial charge in [0.15, 0.2) is 17.4 Å². The van der Waals surface area contributed by atoms with Gasteiger partial charge in [0.1, 0.15) is 0 Å². The Balaban J connectivity index is -0.00000000167. The van der Waals surface area contributed by atoms with Crippen LogP contribution in [0.5, 0.6) is 0 Å².